The third-order valence-corrected chi connectivity index (χ3v) is 8.62. The Bertz CT molecular complexity index is 2350. The molecule has 8 bridgehead atoms. The molecule has 10 heteroatoms. The zero-order chi connectivity index (χ0) is 35.6. The van der Waals surface area contributed by atoms with Gasteiger partial charge in [0.25, 0.3) is 0 Å². The van der Waals surface area contributed by atoms with E-state index in [-0.39, 0.29) is 32.1 Å². The van der Waals surface area contributed by atoms with E-state index in [1.54, 1.807) is 6.07 Å². The van der Waals surface area contributed by atoms with Crippen LogP contribution in [0.15, 0.2) is 78.8 Å². The summed E-state index contributed by atoms with van der Waals surface area (Å²) in [6, 6.07) is 18.6. The molecule has 0 radical (unpaired) electrons. The van der Waals surface area contributed by atoms with Crippen molar-refractivity contribution in [1.29, 1.82) is 0 Å². The molecular formula is C40H34F4N4O2. The summed E-state index contributed by atoms with van der Waals surface area (Å²) in [6.07, 6.45) is 5.17. The number of hydrogen-bond donors (Lipinski definition) is 2. The molecule has 2 aromatic carbocycles. The van der Waals surface area contributed by atoms with Crippen LogP contribution in [-0.4, -0.2) is 39.3 Å². The van der Waals surface area contributed by atoms with Gasteiger partial charge in [0.15, 0.2) is 0 Å². The number of fused-ring (bicyclic) bond motifs is 8. The van der Waals surface area contributed by atoms with Gasteiger partial charge in [0.1, 0.15) is 23.3 Å². The number of H-pyrrole nitrogens is 2. The first kappa shape index (κ1) is 31.9. The largest absolute Gasteiger partial charge is 0.373 e. The number of aromatic amines is 2. The minimum absolute atomic E-state index is 0.142. The van der Waals surface area contributed by atoms with Crippen molar-refractivity contribution in [2.24, 2.45) is 0 Å². The highest BCUT2D eigenvalue weighted by molar-refractivity contribution is 5.87. The van der Waals surface area contributed by atoms with Gasteiger partial charge in [0.05, 0.1) is 49.6 Å². The minimum atomic E-state index is -0.643. The molecule has 0 amide bonds. The van der Waals surface area contributed by atoms with E-state index in [4.69, 9.17) is 20.8 Å². The number of nitrogens with zero attached hydrogens (tertiary/aromatic N) is 2. The molecule has 0 spiro atoms. The van der Waals surface area contributed by atoms with Crippen LogP contribution in [0.4, 0.5) is 17.6 Å². The van der Waals surface area contributed by atoms with Crippen LogP contribution in [0.1, 0.15) is 60.8 Å². The number of nitrogens with one attached hydrogen (secondary N) is 2. The Morgan fingerprint density at radius 2 is 1.26 bits per heavy atom. The number of halogens is 4. The monoisotopic (exact) mass is 679 g/mol. The summed E-state index contributed by atoms with van der Waals surface area (Å²) in [5, 5.41) is 0. The Morgan fingerprint density at radius 1 is 0.660 bits per heavy atom. The lowest BCUT2D eigenvalue weighted by atomic mass is 10.1. The van der Waals surface area contributed by atoms with Crippen molar-refractivity contribution in [3.05, 3.63) is 142 Å². The maximum Gasteiger partial charge on any atom is 0.129 e. The van der Waals surface area contributed by atoms with Gasteiger partial charge in [0, 0.05) is 45.3 Å². The molecule has 2 N–H and O–H groups in total. The van der Waals surface area contributed by atoms with Gasteiger partial charge in [-0.1, -0.05) is 12.1 Å². The second-order valence-electron chi connectivity index (χ2n) is 12.3. The van der Waals surface area contributed by atoms with E-state index in [1.807, 2.05) is 62.4 Å². The van der Waals surface area contributed by atoms with Crippen molar-refractivity contribution in [3.8, 4) is 0 Å². The predicted octanol–water partition coefficient (Wildman–Crippen LogP) is 9.55. The summed E-state index contributed by atoms with van der Waals surface area (Å²) < 4.78 is 76.8. The van der Waals surface area contributed by atoms with E-state index in [0.29, 0.717) is 44.8 Å². The van der Waals surface area contributed by atoms with Crippen molar-refractivity contribution in [2.75, 3.05) is 13.2 Å². The van der Waals surface area contributed by atoms with Gasteiger partial charge < -0.3 is 19.4 Å². The molecule has 2 atom stereocenters. The average Bonchev–Trinajstić information content (AvgIpc) is 3.87. The fourth-order valence-corrected chi connectivity index (χ4v) is 6.02. The van der Waals surface area contributed by atoms with Gasteiger partial charge >= 0.3 is 0 Å². The van der Waals surface area contributed by atoms with E-state index < -0.39 is 35.5 Å². The van der Waals surface area contributed by atoms with Gasteiger partial charge in [0.2, 0.25) is 0 Å². The van der Waals surface area contributed by atoms with Crippen molar-refractivity contribution in [1.82, 2.24) is 19.9 Å². The maximum absolute atomic E-state index is 14.3. The number of aromatic nitrogens is 4. The number of benzene rings is 2. The molecule has 2 unspecified atom stereocenters. The molecule has 3 aromatic heterocycles. The Labute approximate surface area is 287 Å². The summed E-state index contributed by atoms with van der Waals surface area (Å²) in [6.45, 7) is 4.05. The van der Waals surface area contributed by atoms with Crippen molar-refractivity contribution in [3.63, 3.8) is 0 Å². The Balaban J connectivity index is 1.26. The van der Waals surface area contributed by atoms with E-state index >= 15 is 0 Å². The van der Waals surface area contributed by atoms with Crippen LogP contribution in [-0.2, 0) is 22.3 Å². The molecule has 7 rings (SSSR count). The highest BCUT2D eigenvalue weighted by Crippen LogP contribution is 2.30. The smallest absolute Gasteiger partial charge is 0.129 e. The van der Waals surface area contributed by atoms with Crippen LogP contribution in [0.2, 0.25) is 0 Å². The first-order valence-electron chi connectivity index (χ1n) is 16.8. The lowest BCUT2D eigenvalue weighted by Gasteiger charge is -2.14. The fraction of sp³-hybridized carbons (Fsp3) is 0.200. The second kappa shape index (κ2) is 14.3. The van der Waals surface area contributed by atoms with E-state index in [0.717, 1.165) is 34.4 Å². The minimum Gasteiger partial charge on any atom is -0.373 e. The zero-order valence-corrected chi connectivity index (χ0v) is 27.4. The van der Waals surface area contributed by atoms with Crippen molar-refractivity contribution < 1.29 is 28.4 Å². The first-order chi connectivity index (χ1) is 24.6. The zero-order valence-electron chi connectivity index (χ0n) is 28.4. The number of hydrogen-bond acceptors (Lipinski definition) is 4. The van der Waals surface area contributed by atoms with Crippen LogP contribution < -0.4 is 0 Å². The van der Waals surface area contributed by atoms with Gasteiger partial charge in [-0.2, -0.15) is 0 Å². The van der Waals surface area contributed by atoms with Crippen LogP contribution in [0.25, 0.3) is 45.9 Å². The molecule has 5 heterocycles. The number of rotatable bonds is 10. The normalized spacial score (nSPS) is 14.0. The summed E-state index contributed by atoms with van der Waals surface area (Å²) in [4.78, 5) is 16.4. The summed E-state index contributed by atoms with van der Waals surface area (Å²) in [7, 11) is 0. The standard InChI is InChI=1S/C40H34F4N4O2/c1-23(49-13-11-25-3-5-27(41)15-37(25)43)35-19-33-18-31-8-7-29(45-31)17-30-9-10-32(46-30)21-39-36(20-34(48-39)22-40(35)47-33)24(2)50-14-12-26-4-6-28(42)16-38(26)44/h3-10,15-24,46-47H,11-14H2,1-2H3/i19D. The second-order valence-corrected chi connectivity index (χ2v) is 12.3. The molecule has 50 heavy (non-hydrogen) atoms. The Hall–Kier alpha value is -5.32. The molecule has 254 valence electrons. The lowest BCUT2D eigenvalue weighted by Crippen LogP contribution is -2.12. The highest BCUT2D eigenvalue weighted by atomic mass is 19.1. The molecule has 2 aliphatic heterocycles. The molecule has 0 saturated heterocycles. The van der Waals surface area contributed by atoms with E-state index in [9.17, 15) is 17.6 Å². The van der Waals surface area contributed by atoms with Crippen LogP contribution >= 0.6 is 0 Å². The Kier molecular flexibility index (Phi) is 9.11. The lowest BCUT2D eigenvalue weighted by molar-refractivity contribution is 0.0688. The molecule has 2 aliphatic rings. The third kappa shape index (κ3) is 7.61. The summed E-state index contributed by atoms with van der Waals surface area (Å²) >= 11 is 0. The SMILES string of the molecule is [2H]c1c(C(C)OCCc2ccc(F)cc2F)c2cc3nc(cc4ccc(cc5nc(cc1[nH]2)C=C5)[nH]4)C(C(C)OCCc1ccc(F)cc1F)=C3. The molecule has 6 nitrogen and oxygen atoms in total. The Morgan fingerprint density at radius 3 is 1.90 bits per heavy atom. The third-order valence-electron chi connectivity index (χ3n) is 8.62. The molecule has 0 fully saturated rings. The average molecular weight is 680 g/mol. The van der Waals surface area contributed by atoms with Crippen LogP contribution in [0.3, 0.4) is 0 Å². The van der Waals surface area contributed by atoms with Crippen molar-refractivity contribution in [2.45, 2.75) is 38.9 Å². The topological polar surface area (TPSA) is 75.8 Å². The van der Waals surface area contributed by atoms with E-state index in [2.05, 4.69) is 9.97 Å². The highest BCUT2D eigenvalue weighted by Gasteiger charge is 2.19. The number of ether oxygens (including phenoxy) is 2. The predicted molar refractivity (Wildman–Crippen MR) is 188 cm³/mol. The summed E-state index contributed by atoms with van der Waals surface area (Å²) in [5.41, 5.74) is 7.54. The fourth-order valence-electron chi connectivity index (χ4n) is 6.02. The van der Waals surface area contributed by atoms with Crippen LogP contribution in [0, 0.1) is 23.3 Å². The maximum atomic E-state index is 14.3. The summed E-state index contributed by atoms with van der Waals surface area (Å²) in [5.74, 6) is -2.52. The van der Waals surface area contributed by atoms with Crippen LogP contribution in [0.5, 0.6) is 0 Å². The molecule has 0 saturated carbocycles. The molecular weight excluding hydrogens is 644 g/mol. The first-order valence-corrected chi connectivity index (χ1v) is 16.3. The van der Waals surface area contributed by atoms with Crippen molar-refractivity contribution >= 4 is 45.9 Å². The van der Waals surface area contributed by atoms with Gasteiger partial charge in [-0.3, -0.25) is 0 Å². The van der Waals surface area contributed by atoms with Gasteiger partial charge in [-0.15, -0.1) is 0 Å². The van der Waals surface area contributed by atoms with Gasteiger partial charge in [-0.25, -0.2) is 27.5 Å². The molecule has 5 aromatic rings. The van der Waals surface area contributed by atoms with E-state index in [1.165, 1.54) is 24.3 Å². The molecule has 0 aliphatic carbocycles. The quantitative estimate of drug-likeness (QED) is 0.142. The van der Waals surface area contributed by atoms with Gasteiger partial charge in [-0.05, 0) is 111 Å².